The minimum Gasteiger partial charge on any atom is -0.496 e. The third-order valence-electron chi connectivity index (χ3n) is 7.36. The Morgan fingerprint density at radius 2 is 1.80 bits per heavy atom. The van der Waals surface area contributed by atoms with Gasteiger partial charge in [-0.05, 0) is 93.7 Å². The van der Waals surface area contributed by atoms with E-state index in [4.69, 9.17) is 4.74 Å². The van der Waals surface area contributed by atoms with Gasteiger partial charge in [-0.2, -0.15) is 0 Å². The van der Waals surface area contributed by atoms with Crippen LogP contribution in [0.4, 0.5) is 5.69 Å². The van der Waals surface area contributed by atoms with E-state index in [1.807, 2.05) is 56.4 Å². The summed E-state index contributed by atoms with van der Waals surface area (Å²) in [7, 11) is 1.77. The SMILES string of the molecule is CC=CC=CC(C)=CCC(=O)Nc1ccc(OC)c(C23CC4CC(CC(C4)C2)C3)c1. The molecule has 0 spiro atoms. The number of rotatable bonds is 7. The van der Waals surface area contributed by atoms with Crippen LogP contribution in [0.3, 0.4) is 0 Å². The highest BCUT2D eigenvalue weighted by molar-refractivity contribution is 5.92. The number of ether oxygens (including phenoxy) is 1. The second kappa shape index (κ2) is 8.83. The number of amides is 1. The van der Waals surface area contributed by atoms with Crippen molar-refractivity contribution in [1.29, 1.82) is 0 Å². The molecule has 160 valence electrons. The zero-order valence-electron chi connectivity index (χ0n) is 18.6. The lowest BCUT2D eigenvalue weighted by Gasteiger charge is -2.57. The summed E-state index contributed by atoms with van der Waals surface area (Å²) in [6, 6.07) is 6.22. The van der Waals surface area contributed by atoms with Crippen molar-refractivity contribution in [3.05, 3.63) is 59.7 Å². The van der Waals surface area contributed by atoms with Crippen LogP contribution in [0.25, 0.3) is 0 Å². The van der Waals surface area contributed by atoms with Crippen molar-refractivity contribution in [1.82, 2.24) is 0 Å². The average molecular weight is 406 g/mol. The first kappa shape index (κ1) is 21.0. The highest BCUT2D eigenvalue weighted by atomic mass is 16.5. The topological polar surface area (TPSA) is 38.3 Å². The molecule has 3 heteroatoms. The molecule has 30 heavy (non-hydrogen) atoms. The van der Waals surface area contributed by atoms with Gasteiger partial charge in [0.15, 0.2) is 0 Å². The van der Waals surface area contributed by atoms with E-state index in [2.05, 4.69) is 11.4 Å². The Kier molecular flexibility index (Phi) is 6.17. The van der Waals surface area contributed by atoms with Crippen molar-refractivity contribution < 1.29 is 9.53 Å². The Morgan fingerprint density at radius 3 is 2.40 bits per heavy atom. The maximum Gasteiger partial charge on any atom is 0.228 e. The van der Waals surface area contributed by atoms with Crippen LogP contribution in [0.2, 0.25) is 0 Å². The van der Waals surface area contributed by atoms with E-state index in [0.29, 0.717) is 6.42 Å². The summed E-state index contributed by atoms with van der Waals surface area (Å²) in [5.74, 6) is 3.64. The van der Waals surface area contributed by atoms with Gasteiger partial charge in [0.05, 0.1) is 7.11 Å². The van der Waals surface area contributed by atoms with Crippen LogP contribution in [0.1, 0.15) is 64.4 Å². The summed E-state index contributed by atoms with van der Waals surface area (Å²) in [5.41, 5.74) is 3.55. The predicted molar refractivity (Wildman–Crippen MR) is 124 cm³/mol. The molecule has 3 nitrogen and oxygen atoms in total. The number of nitrogens with one attached hydrogen (secondary N) is 1. The lowest BCUT2D eigenvalue weighted by molar-refractivity contribution is -0.115. The number of hydrogen-bond acceptors (Lipinski definition) is 2. The Morgan fingerprint density at radius 1 is 1.13 bits per heavy atom. The Labute approximate surface area is 181 Å². The van der Waals surface area contributed by atoms with Gasteiger partial charge in [-0.15, -0.1) is 0 Å². The first-order valence-corrected chi connectivity index (χ1v) is 11.5. The van der Waals surface area contributed by atoms with Crippen molar-refractivity contribution >= 4 is 11.6 Å². The molecular weight excluding hydrogens is 370 g/mol. The van der Waals surface area contributed by atoms with Crippen LogP contribution in [-0.2, 0) is 10.2 Å². The van der Waals surface area contributed by atoms with Gasteiger partial charge in [0, 0.05) is 17.7 Å². The van der Waals surface area contributed by atoms with Gasteiger partial charge in [0.2, 0.25) is 5.91 Å². The quantitative estimate of drug-likeness (QED) is 0.521. The predicted octanol–water partition coefficient (Wildman–Crippen LogP) is 6.57. The van der Waals surface area contributed by atoms with E-state index in [1.165, 1.54) is 44.1 Å². The van der Waals surface area contributed by atoms with E-state index in [9.17, 15) is 4.79 Å². The fraction of sp³-hybridized carbons (Fsp3) is 0.519. The largest absolute Gasteiger partial charge is 0.496 e. The molecule has 1 aromatic carbocycles. The number of allylic oxidation sites excluding steroid dienone is 5. The van der Waals surface area contributed by atoms with E-state index in [0.717, 1.165) is 34.8 Å². The molecule has 0 unspecified atom stereocenters. The first-order valence-electron chi connectivity index (χ1n) is 11.5. The van der Waals surface area contributed by atoms with Gasteiger partial charge in [-0.3, -0.25) is 4.79 Å². The van der Waals surface area contributed by atoms with Crippen LogP contribution in [0.15, 0.2) is 54.2 Å². The van der Waals surface area contributed by atoms with Crippen molar-refractivity contribution in [3.8, 4) is 5.75 Å². The maximum absolute atomic E-state index is 12.5. The van der Waals surface area contributed by atoms with Gasteiger partial charge < -0.3 is 10.1 Å². The molecule has 4 aliphatic rings. The lowest BCUT2D eigenvalue weighted by Crippen LogP contribution is -2.48. The molecule has 1 aromatic rings. The van der Waals surface area contributed by atoms with E-state index in [-0.39, 0.29) is 11.3 Å². The number of hydrogen-bond donors (Lipinski definition) is 1. The minimum absolute atomic E-state index is 0.0235. The number of anilines is 1. The normalized spacial score (nSPS) is 30.4. The molecule has 0 aliphatic heterocycles. The van der Waals surface area contributed by atoms with Crippen LogP contribution in [0, 0.1) is 17.8 Å². The molecule has 1 amide bonds. The van der Waals surface area contributed by atoms with E-state index in [1.54, 1.807) is 7.11 Å². The van der Waals surface area contributed by atoms with Gasteiger partial charge in [0.25, 0.3) is 0 Å². The van der Waals surface area contributed by atoms with Crippen LogP contribution < -0.4 is 10.1 Å². The highest BCUT2D eigenvalue weighted by Crippen LogP contribution is 2.62. The maximum atomic E-state index is 12.5. The molecular formula is C27H35NO2. The van der Waals surface area contributed by atoms with Crippen LogP contribution >= 0.6 is 0 Å². The van der Waals surface area contributed by atoms with Gasteiger partial charge in [-0.25, -0.2) is 0 Å². The van der Waals surface area contributed by atoms with Crippen molar-refractivity contribution in [3.63, 3.8) is 0 Å². The second-order valence-corrected chi connectivity index (χ2v) is 9.70. The minimum atomic E-state index is 0.0235. The van der Waals surface area contributed by atoms with Crippen LogP contribution in [0.5, 0.6) is 5.75 Å². The third-order valence-corrected chi connectivity index (χ3v) is 7.36. The molecule has 4 bridgehead atoms. The molecule has 5 rings (SSSR count). The second-order valence-electron chi connectivity index (χ2n) is 9.70. The summed E-state index contributed by atoms with van der Waals surface area (Å²) in [6.07, 6.45) is 18.5. The Balaban J connectivity index is 1.50. The standard InChI is InChI=1S/C27H35NO2/c1-4-5-6-7-19(2)8-11-26(29)28-23-9-10-25(30-3)24(15-23)27-16-20-12-21(17-27)14-22(13-20)18-27/h4-10,15,20-22H,11-14,16-18H2,1-3H3,(H,28,29). The van der Waals surface area contributed by atoms with Crippen molar-refractivity contribution in [2.45, 2.75) is 64.2 Å². The third kappa shape index (κ3) is 4.40. The van der Waals surface area contributed by atoms with Crippen molar-refractivity contribution in [2.75, 3.05) is 12.4 Å². The molecule has 0 atom stereocenters. The summed E-state index contributed by atoms with van der Waals surface area (Å²) < 4.78 is 5.79. The fourth-order valence-electron chi connectivity index (χ4n) is 6.49. The number of methoxy groups -OCH3 is 1. The molecule has 1 N–H and O–H groups in total. The lowest BCUT2D eigenvalue weighted by atomic mass is 9.48. The monoisotopic (exact) mass is 405 g/mol. The van der Waals surface area contributed by atoms with E-state index < -0.39 is 0 Å². The number of carbonyl (C=O) groups excluding carboxylic acids is 1. The molecule has 0 saturated heterocycles. The highest BCUT2D eigenvalue weighted by Gasteiger charge is 2.52. The van der Waals surface area contributed by atoms with Gasteiger partial charge in [-0.1, -0.05) is 36.0 Å². The Hall–Kier alpha value is -2.29. The molecule has 4 saturated carbocycles. The molecule has 0 radical (unpaired) electrons. The average Bonchev–Trinajstić information content (AvgIpc) is 2.71. The summed E-state index contributed by atoms with van der Waals surface area (Å²) in [6.45, 7) is 4.01. The molecule has 0 aromatic heterocycles. The zero-order chi connectivity index (χ0) is 21.1. The summed E-state index contributed by atoms with van der Waals surface area (Å²) in [4.78, 5) is 12.5. The molecule has 0 heterocycles. The molecule has 4 aliphatic carbocycles. The fourth-order valence-corrected chi connectivity index (χ4v) is 6.49. The molecule has 4 fully saturated rings. The summed E-state index contributed by atoms with van der Waals surface area (Å²) >= 11 is 0. The smallest absolute Gasteiger partial charge is 0.228 e. The van der Waals surface area contributed by atoms with E-state index >= 15 is 0 Å². The Bertz CT molecular complexity index is 842. The summed E-state index contributed by atoms with van der Waals surface area (Å²) in [5, 5.41) is 3.11. The first-order chi connectivity index (χ1) is 14.5. The zero-order valence-corrected chi connectivity index (χ0v) is 18.6. The van der Waals surface area contributed by atoms with Gasteiger partial charge in [0.1, 0.15) is 5.75 Å². The van der Waals surface area contributed by atoms with Gasteiger partial charge >= 0.3 is 0 Å². The van der Waals surface area contributed by atoms with Crippen molar-refractivity contribution in [2.24, 2.45) is 17.8 Å². The van der Waals surface area contributed by atoms with Crippen LogP contribution in [-0.4, -0.2) is 13.0 Å². The number of benzene rings is 1. The number of carbonyl (C=O) groups is 1.